The average molecular weight is 188 g/mol. The molecule has 72 valence electrons. The van der Waals surface area contributed by atoms with Gasteiger partial charge in [-0.2, -0.15) is 0 Å². The predicted octanol–water partition coefficient (Wildman–Crippen LogP) is 2.71. The highest BCUT2D eigenvalue weighted by Gasteiger charge is 2.20. The Kier molecular flexibility index (Phi) is 2.35. The molecule has 0 amide bonds. The van der Waals surface area contributed by atoms with Gasteiger partial charge in [-0.05, 0) is 12.0 Å². The minimum atomic E-state index is 0.0555. The molecule has 0 aromatic heterocycles. The average Bonchev–Trinajstić information content (AvgIpc) is 2.19. The molecule has 0 radical (unpaired) electrons. The normalized spacial score (nSPS) is 17.3. The number of allylic oxidation sites excluding steroid dienone is 2. The van der Waals surface area contributed by atoms with E-state index < -0.39 is 0 Å². The standard InChI is InChI=1S/C12H12O2/c13-10-7-4-8-11(14)12(10)9-5-2-1-3-6-9/h1-3,5-6,13H,4,7-8H2. The van der Waals surface area contributed by atoms with Gasteiger partial charge in [0, 0.05) is 12.8 Å². The van der Waals surface area contributed by atoms with Crippen molar-refractivity contribution in [3.63, 3.8) is 0 Å². The van der Waals surface area contributed by atoms with E-state index in [1.807, 2.05) is 30.3 Å². The third-order valence-electron chi connectivity index (χ3n) is 2.45. The lowest BCUT2D eigenvalue weighted by molar-refractivity contribution is -0.114. The highest BCUT2D eigenvalue weighted by atomic mass is 16.3. The number of hydrogen-bond acceptors (Lipinski definition) is 2. The molecule has 14 heavy (non-hydrogen) atoms. The van der Waals surface area contributed by atoms with Crippen LogP contribution in [0.1, 0.15) is 24.8 Å². The molecule has 1 aromatic rings. The number of aliphatic hydroxyl groups excluding tert-OH is 1. The van der Waals surface area contributed by atoms with Crippen molar-refractivity contribution in [3.8, 4) is 0 Å². The Morgan fingerprint density at radius 3 is 2.43 bits per heavy atom. The molecule has 2 heteroatoms. The molecule has 0 bridgehead atoms. The van der Waals surface area contributed by atoms with E-state index in [4.69, 9.17) is 0 Å². The number of Topliss-reactive ketones (excluding diaryl/α,β-unsaturated/α-hetero) is 1. The maximum atomic E-state index is 11.6. The quantitative estimate of drug-likeness (QED) is 0.735. The highest BCUT2D eigenvalue weighted by Crippen LogP contribution is 2.27. The van der Waals surface area contributed by atoms with E-state index in [1.165, 1.54) is 0 Å². The Hall–Kier alpha value is -1.57. The minimum Gasteiger partial charge on any atom is -0.512 e. The third kappa shape index (κ3) is 1.55. The van der Waals surface area contributed by atoms with Gasteiger partial charge < -0.3 is 5.11 Å². The molecule has 1 N–H and O–H groups in total. The van der Waals surface area contributed by atoms with Crippen LogP contribution in [-0.2, 0) is 4.79 Å². The Balaban J connectivity index is 2.46. The second kappa shape index (κ2) is 3.66. The van der Waals surface area contributed by atoms with Gasteiger partial charge in [0.15, 0.2) is 5.78 Å². The second-order valence-electron chi connectivity index (χ2n) is 3.46. The van der Waals surface area contributed by atoms with E-state index in [2.05, 4.69) is 0 Å². The Morgan fingerprint density at radius 1 is 1.07 bits per heavy atom. The minimum absolute atomic E-state index is 0.0555. The lowest BCUT2D eigenvalue weighted by Crippen LogP contribution is -2.10. The van der Waals surface area contributed by atoms with Crippen LogP contribution in [0.15, 0.2) is 36.1 Å². The number of rotatable bonds is 1. The fourth-order valence-electron chi connectivity index (χ4n) is 1.76. The SMILES string of the molecule is O=C1CCCC(O)=C1c1ccccc1. The van der Waals surface area contributed by atoms with E-state index in [0.717, 1.165) is 12.0 Å². The number of aliphatic hydroxyl groups is 1. The van der Waals surface area contributed by atoms with Gasteiger partial charge in [-0.3, -0.25) is 4.79 Å². The molecule has 1 aliphatic rings. The molecule has 0 heterocycles. The summed E-state index contributed by atoms with van der Waals surface area (Å²) >= 11 is 0. The summed E-state index contributed by atoms with van der Waals surface area (Å²) in [5.74, 6) is 0.299. The monoisotopic (exact) mass is 188 g/mol. The van der Waals surface area contributed by atoms with Gasteiger partial charge in [0.05, 0.1) is 5.57 Å². The van der Waals surface area contributed by atoms with Crippen molar-refractivity contribution < 1.29 is 9.90 Å². The maximum Gasteiger partial charge on any atom is 0.166 e. The summed E-state index contributed by atoms with van der Waals surface area (Å²) in [6.07, 6.45) is 1.94. The van der Waals surface area contributed by atoms with Crippen LogP contribution in [0.4, 0.5) is 0 Å². The number of hydrogen-bond donors (Lipinski definition) is 1. The zero-order valence-electron chi connectivity index (χ0n) is 7.86. The van der Waals surface area contributed by atoms with Crippen LogP contribution in [-0.4, -0.2) is 10.9 Å². The van der Waals surface area contributed by atoms with E-state index in [1.54, 1.807) is 0 Å². The molecule has 0 aliphatic heterocycles. The van der Waals surface area contributed by atoms with E-state index >= 15 is 0 Å². The summed E-state index contributed by atoms with van der Waals surface area (Å²) in [5, 5.41) is 9.65. The molecule has 1 aromatic carbocycles. The summed E-state index contributed by atoms with van der Waals surface area (Å²) < 4.78 is 0. The molecule has 2 nitrogen and oxygen atoms in total. The van der Waals surface area contributed by atoms with Crippen molar-refractivity contribution in [2.24, 2.45) is 0 Å². The Morgan fingerprint density at radius 2 is 1.79 bits per heavy atom. The van der Waals surface area contributed by atoms with Crippen molar-refractivity contribution in [1.82, 2.24) is 0 Å². The lowest BCUT2D eigenvalue weighted by Gasteiger charge is -2.14. The largest absolute Gasteiger partial charge is 0.512 e. The van der Waals surface area contributed by atoms with Gasteiger partial charge in [0.1, 0.15) is 5.76 Å². The van der Waals surface area contributed by atoms with Crippen LogP contribution in [0.2, 0.25) is 0 Å². The fourth-order valence-corrected chi connectivity index (χ4v) is 1.76. The summed E-state index contributed by atoms with van der Waals surface area (Å²) in [6, 6.07) is 9.35. The topological polar surface area (TPSA) is 37.3 Å². The van der Waals surface area contributed by atoms with Crippen LogP contribution < -0.4 is 0 Å². The van der Waals surface area contributed by atoms with Gasteiger partial charge in [0.2, 0.25) is 0 Å². The smallest absolute Gasteiger partial charge is 0.166 e. The first-order valence-corrected chi connectivity index (χ1v) is 4.80. The van der Waals surface area contributed by atoms with Crippen molar-refractivity contribution >= 4 is 11.4 Å². The summed E-state index contributed by atoms with van der Waals surface area (Å²) in [5.41, 5.74) is 1.34. The molecule has 0 saturated carbocycles. The van der Waals surface area contributed by atoms with Crippen LogP contribution in [0.25, 0.3) is 5.57 Å². The Labute approximate surface area is 82.9 Å². The highest BCUT2D eigenvalue weighted by molar-refractivity contribution is 6.21. The van der Waals surface area contributed by atoms with Gasteiger partial charge in [0.25, 0.3) is 0 Å². The molecule has 0 atom stereocenters. The van der Waals surface area contributed by atoms with Gasteiger partial charge in [-0.25, -0.2) is 0 Å². The fraction of sp³-hybridized carbons (Fsp3) is 0.250. The first-order valence-electron chi connectivity index (χ1n) is 4.80. The van der Waals surface area contributed by atoms with Gasteiger partial charge >= 0.3 is 0 Å². The second-order valence-corrected chi connectivity index (χ2v) is 3.46. The van der Waals surface area contributed by atoms with Crippen molar-refractivity contribution in [3.05, 3.63) is 41.7 Å². The molecular formula is C12H12O2. The number of carbonyl (C=O) groups is 1. The summed E-state index contributed by atoms with van der Waals surface area (Å²) in [6.45, 7) is 0. The molecule has 2 rings (SSSR count). The zero-order valence-corrected chi connectivity index (χ0v) is 7.86. The van der Waals surface area contributed by atoms with Gasteiger partial charge in [-0.1, -0.05) is 30.3 Å². The first-order chi connectivity index (χ1) is 6.79. The first kappa shape index (κ1) is 9.00. The van der Waals surface area contributed by atoms with Crippen molar-refractivity contribution in [1.29, 1.82) is 0 Å². The molecule has 0 fully saturated rings. The summed E-state index contributed by atoms with van der Waals surface area (Å²) in [7, 11) is 0. The van der Waals surface area contributed by atoms with E-state index in [9.17, 15) is 9.90 Å². The zero-order chi connectivity index (χ0) is 9.97. The molecule has 0 spiro atoms. The molecule has 0 unspecified atom stereocenters. The third-order valence-corrected chi connectivity index (χ3v) is 2.45. The number of ketones is 1. The van der Waals surface area contributed by atoms with Crippen LogP contribution in [0, 0.1) is 0 Å². The number of benzene rings is 1. The Bertz CT molecular complexity index is 377. The lowest BCUT2D eigenvalue weighted by atomic mass is 9.91. The van der Waals surface area contributed by atoms with Crippen molar-refractivity contribution in [2.45, 2.75) is 19.3 Å². The van der Waals surface area contributed by atoms with Gasteiger partial charge in [-0.15, -0.1) is 0 Å². The molecule has 0 saturated heterocycles. The summed E-state index contributed by atoms with van der Waals surface area (Å²) in [4.78, 5) is 11.6. The van der Waals surface area contributed by atoms with Crippen LogP contribution in [0.3, 0.4) is 0 Å². The van der Waals surface area contributed by atoms with Crippen LogP contribution in [0.5, 0.6) is 0 Å². The number of carbonyl (C=O) groups excluding carboxylic acids is 1. The van der Waals surface area contributed by atoms with Crippen LogP contribution >= 0.6 is 0 Å². The predicted molar refractivity (Wildman–Crippen MR) is 54.8 cm³/mol. The van der Waals surface area contributed by atoms with Crippen molar-refractivity contribution in [2.75, 3.05) is 0 Å². The maximum absolute atomic E-state index is 11.6. The molecular weight excluding hydrogens is 176 g/mol. The van der Waals surface area contributed by atoms with E-state index in [0.29, 0.717) is 18.4 Å². The molecule has 1 aliphatic carbocycles. The van der Waals surface area contributed by atoms with E-state index in [-0.39, 0.29) is 11.5 Å².